The van der Waals surface area contributed by atoms with Crippen LogP contribution in [0.25, 0.3) is 0 Å². The second kappa shape index (κ2) is 11.8. The molecular formula is C25H29N5O2S. The van der Waals surface area contributed by atoms with Gasteiger partial charge in [0.2, 0.25) is 0 Å². The molecule has 3 heterocycles. The molecule has 0 aliphatic carbocycles. The number of ether oxygens (including phenoxy) is 1. The van der Waals surface area contributed by atoms with Gasteiger partial charge in [-0.1, -0.05) is 30.0 Å². The van der Waals surface area contributed by atoms with E-state index in [9.17, 15) is 4.79 Å². The lowest BCUT2D eigenvalue weighted by molar-refractivity contribution is 0.0954. The molecule has 0 radical (unpaired) electrons. The first-order chi connectivity index (χ1) is 16.2. The number of anilines is 1. The average molecular weight is 464 g/mol. The molecule has 0 saturated carbocycles. The number of carbonyl (C=O) groups is 1. The Balaban J connectivity index is 1.32. The molecule has 2 aromatic heterocycles. The molecule has 7 nitrogen and oxygen atoms in total. The lowest BCUT2D eigenvalue weighted by atomic mass is 10.1. The number of pyridine rings is 1. The highest BCUT2D eigenvalue weighted by Crippen LogP contribution is 2.25. The smallest absolute Gasteiger partial charge is 0.251 e. The summed E-state index contributed by atoms with van der Waals surface area (Å²) in [5.74, 6) is 1.64. The van der Waals surface area contributed by atoms with E-state index in [1.54, 1.807) is 25.1 Å². The van der Waals surface area contributed by atoms with Crippen molar-refractivity contribution in [2.24, 2.45) is 0 Å². The van der Waals surface area contributed by atoms with Crippen LogP contribution in [-0.4, -0.2) is 47.6 Å². The van der Waals surface area contributed by atoms with Crippen molar-refractivity contribution in [2.45, 2.75) is 36.8 Å². The topological polar surface area (TPSA) is 80.2 Å². The van der Waals surface area contributed by atoms with E-state index in [4.69, 9.17) is 9.72 Å². The van der Waals surface area contributed by atoms with Crippen LogP contribution >= 0.6 is 11.8 Å². The Bertz CT molecular complexity index is 1040. The van der Waals surface area contributed by atoms with Crippen molar-refractivity contribution in [3.8, 4) is 0 Å². The molecule has 3 aromatic rings. The van der Waals surface area contributed by atoms with Crippen molar-refractivity contribution in [3.63, 3.8) is 0 Å². The molecule has 4 rings (SSSR count). The minimum Gasteiger partial charge on any atom is -0.378 e. The minimum atomic E-state index is -0.0732. The van der Waals surface area contributed by atoms with Crippen molar-refractivity contribution < 1.29 is 9.53 Å². The van der Waals surface area contributed by atoms with Crippen LogP contribution in [0.1, 0.15) is 40.2 Å². The predicted octanol–water partition coefficient (Wildman–Crippen LogP) is 3.88. The van der Waals surface area contributed by atoms with Crippen LogP contribution < -0.4 is 10.2 Å². The fraction of sp³-hybridized carbons (Fsp3) is 0.360. The number of benzene rings is 1. The van der Waals surface area contributed by atoms with Crippen LogP contribution in [0, 0.1) is 0 Å². The first kappa shape index (κ1) is 23.2. The van der Waals surface area contributed by atoms with Crippen molar-refractivity contribution in [2.75, 3.05) is 31.6 Å². The molecule has 0 unspecified atom stereocenters. The number of rotatable bonds is 10. The highest BCUT2D eigenvalue weighted by atomic mass is 32.2. The van der Waals surface area contributed by atoms with Gasteiger partial charge in [0.15, 0.2) is 5.16 Å². The molecule has 1 fully saturated rings. The van der Waals surface area contributed by atoms with Gasteiger partial charge in [0.1, 0.15) is 5.82 Å². The summed E-state index contributed by atoms with van der Waals surface area (Å²) in [6.45, 7) is 3.11. The maximum Gasteiger partial charge on any atom is 0.251 e. The molecule has 8 heteroatoms. The predicted molar refractivity (Wildman–Crippen MR) is 130 cm³/mol. The summed E-state index contributed by atoms with van der Waals surface area (Å²) in [5, 5.41) is 3.71. The minimum absolute atomic E-state index is 0.0732. The fourth-order valence-corrected chi connectivity index (χ4v) is 4.53. The van der Waals surface area contributed by atoms with Crippen molar-refractivity contribution >= 4 is 23.5 Å². The third-order valence-electron chi connectivity index (χ3n) is 5.44. The SMILES string of the molecule is COCc1cc(N2CCCC2)nc(SCc2ccc(C(=O)NCCc3ccccn3)cc2)n1. The summed E-state index contributed by atoms with van der Waals surface area (Å²) < 4.78 is 5.29. The quantitative estimate of drug-likeness (QED) is 0.361. The lowest BCUT2D eigenvalue weighted by Gasteiger charge is -2.17. The molecule has 33 heavy (non-hydrogen) atoms. The number of methoxy groups -OCH3 is 1. The summed E-state index contributed by atoms with van der Waals surface area (Å²) in [7, 11) is 1.68. The number of nitrogens with one attached hydrogen (secondary N) is 1. The van der Waals surface area contributed by atoms with Gasteiger partial charge < -0.3 is 15.0 Å². The third kappa shape index (κ3) is 6.76. The molecule has 1 saturated heterocycles. The number of amides is 1. The molecule has 1 aromatic carbocycles. The Morgan fingerprint density at radius 2 is 1.91 bits per heavy atom. The highest BCUT2D eigenvalue weighted by Gasteiger charge is 2.16. The van der Waals surface area contributed by atoms with E-state index in [1.165, 1.54) is 12.8 Å². The second-order valence-electron chi connectivity index (χ2n) is 7.94. The number of hydrogen-bond donors (Lipinski definition) is 1. The summed E-state index contributed by atoms with van der Waals surface area (Å²) in [4.78, 5) is 28.4. The van der Waals surface area contributed by atoms with Gasteiger partial charge in [0.25, 0.3) is 5.91 Å². The first-order valence-corrected chi connectivity index (χ1v) is 12.2. The van der Waals surface area contributed by atoms with Gasteiger partial charge in [0.05, 0.1) is 12.3 Å². The highest BCUT2D eigenvalue weighted by molar-refractivity contribution is 7.98. The lowest BCUT2D eigenvalue weighted by Crippen LogP contribution is -2.25. The summed E-state index contributed by atoms with van der Waals surface area (Å²) in [6, 6.07) is 15.5. The molecule has 172 valence electrons. The van der Waals surface area contributed by atoms with Crippen molar-refractivity contribution in [3.05, 3.63) is 77.2 Å². The van der Waals surface area contributed by atoms with Crippen LogP contribution in [-0.2, 0) is 23.5 Å². The zero-order valence-electron chi connectivity index (χ0n) is 18.9. The van der Waals surface area contributed by atoms with E-state index in [0.717, 1.165) is 46.8 Å². The van der Waals surface area contributed by atoms with Crippen LogP contribution in [0.4, 0.5) is 5.82 Å². The van der Waals surface area contributed by atoms with E-state index >= 15 is 0 Å². The van der Waals surface area contributed by atoms with E-state index in [0.29, 0.717) is 25.1 Å². The van der Waals surface area contributed by atoms with Crippen LogP contribution in [0.5, 0.6) is 0 Å². The van der Waals surface area contributed by atoms with Gasteiger partial charge in [-0.25, -0.2) is 9.97 Å². The molecule has 0 bridgehead atoms. The molecular weight excluding hydrogens is 434 g/mol. The Hall–Kier alpha value is -2.97. The molecule has 1 N–H and O–H groups in total. The Morgan fingerprint density at radius 3 is 2.64 bits per heavy atom. The number of carbonyl (C=O) groups excluding carboxylic acids is 1. The van der Waals surface area contributed by atoms with E-state index in [-0.39, 0.29) is 5.91 Å². The van der Waals surface area contributed by atoms with E-state index in [2.05, 4.69) is 20.2 Å². The molecule has 0 spiro atoms. The monoisotopic (exact) mass is 463 g/mol. The van der Waals surface area contributed by atoms with Crippen LogP contribution in [0.2, 0.25) is 0 Å². The van der Waals surface area contributed by atoms with Crippen molar-refractivity contribution in [1.29, 1.82) is 0 Å². The summed E-state index contributed by atoms with van der Waals surface area (Å²) >= 11 is 1.60. The zero-order chi connectivity index (χ0) is 22.9. The largest absolute Gasteiger partial charge is 0.378 e. The molecule has 1 amide bonds. The van der Waals surface area contributed by atoms with Gasteiger partial charge in [0, 0.05) is 62.4 Å². The maximum absolute atomic E-state index is 12.4. The van der Waals surface area contributed by atoms with Gasteiger partial charge in [-0.15, -0.1) is 0 Å². The van der Waals surface area contributed by atoms with Crippen LogP contribution in [0.15, 0.2) is 59.9 Å². The Kier molecular flexibility index (Phi) is 8.27. The third-order valence-corrected chi connectivity index (χ3v) is 6.36. The standard InChI is InChI=1S/C25H29N5O2S/c1-32-17-22-16-23(30-14-4-5-15-30)29-25(28-22)33-18-19-7-9-20(10-8-19)24(31)27-13-11-21-6-2-3-12-26-21/h2-3,6-10,12,16H,4-5,11,13-15,17-18H2,1H3,(H,27,31). The zero-order valence-corrected chi connectivity index (χ0v) is 19.7. The summed E-state index contributed by atoms with van der Waals surface area (Å²) in [5.41, 5.74) is 3.64. The van der Waals surface area contributed by atoms with Gasteiger partial charge >= 0.3 is 0 Å². The Morgan fingerprint density at radius 1 is 1.09 bits per heavy atom. The van der Waals surface area contributed by atoms with Gasteiger partial charge in [-0.2, -0.15) is 0 Å². The van der Waals surface area contributed by atoms with Gasteiger partial charge in [-0.05, 0) is 42.7 Å². The number of hydrogen-bond acceptors (Lipinski definition) is 7. The normalized spacial score (nSPS) is 13.3. The Labute approximate surface area is 199 Å². The first-order valence-electron chi connectivity index (χ1n) is 11.2. The second-order valence-corrected chi connectivity index (χ2v) is 8.88. The average Bonchev–Trinajstić information content (AvgIpc) is 3.39. The fourth-order valence-electron chi connectivity index (χ4n) is 3.71. The number of aromatic nitrogens is 3. The molecule has 1 aliphatic heterocycles. The number of nitrogens with zero attached hydrogens (tertiary/aromatic N) is 4. The van der Waals surface area contributed by atoms with E-state index < -0.39 is 0 Å². The molecule has 1 aliphatic rings. The van der Waals surface area contributed by atoms with E-state index in [1.807, 2.05) is 48.5 Å². The summed E-state index contributed by atoms with van der Waals surface area (Å²) in [6.07, 6.45) is 4.88. The molecule has 0 atom stereocenters. The number of thioether (sulfide) groups is 1. The van der Waals surface area contributed by atoms with Gasteiger partial charge in [-0.3, -0.25) is 9.78 Å². The van der Waals surface area contributed by atoms with Crippen LogP contribution in [0.3, 0.4) is 0 Å². The maximum atomic E-state index is 12.4. The van der Waals surface area contributed by atoms with Crippen molar-refractivity contribution in [1.82, 2.24) is 20.3 Å².